The number of hydrogen-bond donors (Lipinski definition) is 2. The highest BCUT2D eigenvalue weighted by Gasteiger charge is 2.15. The van der Waals surface area contributed by atoms with Gasteiger partial charge in [0.05, 0.1) is 37.0 Å². The van der Waals surface area contributed by atoms with Crippen LogP contribution >= 0.6 is 0 Å². The van der Waals surface area contributed by atoms with Gasteiger partial charge in [0, 0.05) is 12.6 Å². The van der Waals surface area contributed by atoms with Gasteiger partial charge in [0.25, 0.3) is 0 Å². The number of hydrogen-bond acceptors (Lipinski definition) is 4. The summed E-state index contributed by atoms with van der Waals surface area (Å²) in [6.45, 7) is 6.55. The first-order valence-corrected chi connectivity index (χ1v) is 7.34. The van der Waals surface area contributed by atoms with E-state index in [2.05, 4.69) is 15.7 Å². The molecule has 2 rings (SSSR count). The zero-order valence-corrected chi connectivity index (χ0v) is 14.1. The molecule has 2 amide bonds. The average molecular weight is 318 g/mol. The molecule has 7 nitrogen and oxygen atoms in total. The first-order chi connectivity index (χ1) is 11.0. The molecule has 7 heteroatoms. The molecule has 0 aliphatic heterocycles. The Morgan fingerprint density at radius 1 is 1.22 bits per heavy atom. The number of methoxy groups -OCH3 is 2. The van der Waals surface area contributed by atoms with E-state index in [4.69, 9.17) is 9.47 Å². The first-order valence-electron chi connectivity index (χ1n) is 7.34. The molecule has 0 saturated heterocycles. The van der Waals surface area contributed by atoms with Gasteiger partial charge in [-0.2, -0.15) is 5.10 Å². The van der Waals surface area contributed by atoms with Crippen molar-refractivity contribution < 1.29 is 14.3 Å². The monoisotopic (exact) mass is 318 g/mol. The smallest absolute Gasteiger partial charge is 0.323 e. The maximum absolute atomic E-state index is 12.3. The Morgan fingerprint density at radius 2 is 1.96 bits per heavy atom. The van der Waals surface area contributed by atoms with E-state index in [-0.39, 0.29) is 6.03 Å². The van der Waals surface area contributed by atoms with E-state index in [0.717, 1.165) is 23.6 Å². The first kappa shape index (κ1) is 16.7. The number of aryl methyl sites for hydroxylation is 2. The number of carbonyl (C=O) groups is 1. The molecule has 1 heterocycles. The van der Waals surface area contributed by atoms with Crippen LogP contribution in [0.5, 0.6) is 11.5 Å². The number of urea groups is 1. The predicted octanol–water partition coefficient (Wildman–Crippen LogP) is 3.18. The Labute approximate surface area is 135 Å². The topological polar surface area (TPSA) is 77.4 Å². The molecule has 0 aliphatic rings. The Kier molecular flexibility index (Phi) is 5.10. The molecule has 1 aromatic carbocycles. The van der Waals surface area contributed by atoms with Gasteiger partial charge in [0.2, 0.25) is 0 Å². The van der Waals surface area contributed by atoms with E-state index in [1.807, 2.05) is 25.5 Å². The predicted molar refractivity (Wildman–Crippen MR) is 89.6 cm³/mol. The van der Waals surface area contributed by atoms with Gasteiger partial charge < -0.3 is 20.1 Å². The van der Waals surface area contributed by atoms with E-state index < -0.39 is 0 Å². The number of carbonyl (C=O) groups excluding carboxylic acids is 1. The Bertz CT molecular complexity index is 710. The molecule has 0 unspecified atom stereocenters. The third-order valence-electron chi connectivity index (χ3n) is 3.58. The molecule has 2 aromatic rings. The van der Waals surface area contributed by atoms with Crippen molar-refractivity contribution in [2.24, 2.45) is 0 Å². The summed E-state index contributed by atoms with van der Waals surface area (Å²) in [4.78, 5) is 12.3. The van der Waals surface area contributed by atoms with Gasteiger partial charge in [-0.25, -0.2) is 4.79 Å². The van der Waals surface area contributed by atoms with Crippen LogP contribution in [0.25, 0.3) is 0 Å². The van der Waals surface area contributed by atoms with Crippen LogP contribution in [0.2, 0.25) is 0 Å². The van der Waals surface area contributed by atoms with Crippen LogP contribution in [-0.2, 0) is 6.54 Å². The molecule has 0 atom stereocenters. The molecule has 1 aromatic heterocycles. The van der Waals surface area contributed by atoms with Crippen molar-refractivity contribution in [3.8, 4) is 11.5 Å². The minimum absolute atomic E-state index is 0.352. The average Bonchev–Trinajstić information content (AvgIpc) is 2.82. The molecule has 124 valence electrons. The van der Waals surface area contributed by atoms with Crippen LogP contribution < -0.4 is 20.1 Å². The number of nitrogens with one attached hydrogen (secondary N) is 2. The molecule has 0 spiro atoms. The number of amides is 2. The van der Waals surface area contributed by atoms with Gasteiger partial charge in [-0.15, -0.1) is 0 Å². The van der Waals surface area contributed by atoms with Gasteiger partial charge in [0.1, 0.15) is 11.5 Å². The van der Waals surface area contributed by atoms with Gasteiger partial charge in [-0.3, -0.25) is 4.68 Å². The summed E-state index contributed by atoms with van der Waals surface area (Å²) in [7, 11) is 3.11. The SMILES string of the molecule is CCn1nc(C)c(NC(=O)Nc2ccc(OC)cc2OC)c1C. The maximum Gasteiger partial charge on any atom is 0.323 e. The Balaban J connectivity index is 2.16. The lowest BCUT2D eigenvalue weighted by Gasteiger charge is -2.12. The third-order valence-corrected chi connectivity index (χ3v) is 3.58. The largest absolute Gasteiger partial charge is 0.497 e. The van der Waals surface area contributed by atoms with Crippen molar-refractivity contribution in [3.63, 3.8) is 0 Å². The van der Waals surface area contributed by atoms with E-state index in [1.165, 1.54) is 7.11 Å². The molecule has 0 aliphatic carbocycles. The summed E-state index contributed by atoms with van der Waals surface area (Å²) in [5.41, 5.74) is 2.98. The second kappa shape index (κ2) is 7.04. The molecule has 0 fully saturated rings. The summed E-state index contributed by atoms with van der Waals surface area (Å²) >= 11 is 0. The number of rotatable bonds is 5. The minimum Gasteiger partial charge on any atom is -0.497 e. The minimum atomic E-state index is -0.352. The second-order valence-electron chi connectivity index (χ2n) is 5.01. The van der Waals surface area contributed by atoms with Crippen molar-refractivity contribution in [2.75, 3.05) is 24.9 Å². The van der Waals surface area contributed by atoms with Gasteiger partial charge in [-0.05, 0) is 32.9 Å². The maximum atomic E-state index is 12.3. The number of anilines is 2. The zero-order chi connectivity index (χ0) is 17.0. The third kappa shape index (κ3) is 3.56. The van der Waals surface area contributed by atoms with Crippen LogP contribution in [0.4, 0.5) is 16.2 Å². The standard InChI is InChI=1S/C16H22N4O3/c1-6-20-11(3)15(10(2)19-20)18-16(21)17-13-8-7-12(22-4)9-14(13)23-5/h7-9H,6H2,1-5H3,(H2,17,18,21). The van der Waals surface area contributed by atoms with Crippen LogP contribution in [0, 0.1) is 13.8 Å². The van der Waals surface area contributed by atoms with E-state index in [0.29, 0.717) is 17.2 Å². The highest BCUT2D eigenvalue weighted by molar-refractivity contribution is 6.01. The lowest BCUT2D eigenvalue weighted by atomic mass is 10.2. The van der Waals surface area contributed by atoms with Crippen molar-refractivity contribution >= 4 is 17.4 Å². The number of ether oxygens (including phenoxy) is 2. The molecule has 0 saturated carbocycles. The quantitative estimate of drug-likeness (QED) is 0.887. The lowest BCUT2D eigenvalue weighted by Crippen LogP contribution is -2.20. The van der Waals surface area contributed by atoms with Crippen LogP contribution in [0.3, 0.4) is 0 Å². The number of nitrogens with zero attached hydrogens (tertiary/aromatic N) is 2. The highest BCUT2D eigenvalue weighted by Crippen LogP contribution is 2.29. The van der Waals surface area contributed by atoms with Gasteiger partial charge >= 0.3 is 6.03 Å². The summed E-state index contributed by atoms with van der Waals surface area (Å²) < 4.78 is 12.3. The van der Waals surface area contributed by atoms with Crippen LogP contribution in [-0.4, -0.2) is 30.0 Å². The van der Waals surface area contributed by atoms with E-state index in [9.17, 15) is 4.79 Å². The molecule has 2 N–H and O–H groups in total. The fraction of sp³-hybridized carbons (Fsp3) is 0.375. The van der Waals surface area contributed by atoms with E-state index >= 15 is 0 Å². The Morgan fingerprint density at radius 3 is 2.52 bits per heavy atom. The van der Waals surface area contributed by atoms with E-state index in [1.54, 1.807) is 25.3 Å². The van der Waals surface area contributed by atoms with Crippen molar-refractivity contribution in [1.29, 1.82) is 0 Å². The van der Waals surface area contributed by atoms with Crippen LogP contribution in [0.1, 0.15) is 18.3 Å². The van der Waals surface area contributed by atoms with Crippen molar-refractivity contribution in [2.45, 2.75) is 27.3 Å². The number of benzene rings is 1. The number of aromatic nitrogens is 2. The van der Waals surface area contributed by atoms with Crippen molar-refractivity contribution in [3.05, 3.63) is 29.6 Å². The van der Waals surface area contributed by atoms with Gasteiger partial charge in [0.15, 0.2) is 0 Å². The molecular weight excluding hydrogens is 296 g/mol. The zero-order valence-electron chi connectivity index (χ0n) is 14.1. The molecular formula is C16H22N4O3. The Hall–Kier alpha value is -2.70. The van der Waals surface area contributed by atoms with Crippen molar-refractivity contribution in [1.82, 2.24) is 9.78 Å². The van der Waals surface area contributed by atoms with Crippen LogP contribution in [0.15, 0.2) is 18.2 Å². The summed E-state index contributed by atoms with van der Waals surface area (Å²) in [6, 6.07) is 4.84. The molecule has 0 radical (unpaired) electrons. The second-order valence-corrected chi connectivity index (χ2v) is 5.01. The molecule has 0 bridgehead atoms. The fourth-order valence-electron chi connectivity index (χ4n) is 2.35. The normalized spacial score (nSPS) is 10.3. The highest BCUT2D eigenvalue weighted by atomic mass is 16.5. The lowest BCUT2D eigenvalue weighted by molar-refractivity contribution is 0.262. The summed E-state index contributed by atoms with van der Waals surface area (Å²) in [5, 5.41) is 9.99. The summed E-state index contributed by atoms with van der Waals surface area (Å²) in [5.74, 6) is 1.18. The fourth-order valence-corrected chi connectivity index (χ4v) is 2.35. The molecule has 23 heavy (non-hydrogen) atoms. The van der Waals surface area contributed by atoms with Gasteiger partial charge in [-0.1, -0.05) is 0 Å². The summed E-state index contributed by atoms with van der Waals surface area (Å²) in [6.07, 6.45) is 0.